The van der Waals surface area contributed by atoms with Gasteiger partial charge in [-0.3, -0.25) is 4.99 Å². The van der Waals surface area contributed by atoms with E-state index in [1.807, 2.05) is 0 Å². The second kappa shape index (κ2) is 11.7. The molecule has 0 unspecified atom stereocenters. The van der Waals surface area contributed by atoms with Gasteiger partial charge < -0.3 is 10.6 Å². The molecule has 0 spiro atoms. The first kappa shape index (κ1) is 21.3. The molecule has 0 saturated heterocycles. The van der Waals surface area contributed by atoms with E-state index in [1.165, 1.54) is 12.7 Å². The van der Waals surface area contributed by atoms with Crippen LogP contribution in [-0.2, 0) is 9.84 Å². The summed E-state index contributed by atoms with van der Waals surface area (Å²) in [6, 6.07) is 0. The first-order valence-corrected chi connectivity index (χ1v) is 8.53. The Morgan fingerprint density at radius 3 is 2.11 bits per heavy atom. The maximum absolute atomic E-state index is 10.9. The summed E-state index contributed by atoms with van der Waals surface area (Å²) in [6.45, 7) is 5.93. The largest absolute Gasteiger partial charge is 0.356 e. The van der Waals surface area contributed by atoms with Crippen LogP contribution in [0.5, 0.6) is 0 Å². The summed E-state index contributed by atoms with van der Waals surface area (Å²) in [6.07, 6.45) is 4.16. The predicted octanol–water partition coefficient (Wildman–Crippen LogP) is 1.64. The molecular weight excluding hydrogens is 377 g/mol. The maximum Gasteiger partial charge on any atom is 0.190 e. The lowest BCUT2D eigenvalue weighted by atomic mass is 10.1. The van der Waals surface area contributed by atoms with Crippen molar-refractivity contribution in [3.63, 3.8) is 0 Å². The molecule has 2 N–H and O–H groups in total. The SMILES string of the molecule is CN=C(NCCCC(C)C)NCCCS(C)(=O)=O.I. The second-order valence-corrected chi connectivity index (χ2v) is 7.21. The van der Waals surface area contributed by atoms with Crippen molar-refractivity contribution in [2.75, 3.05) is 32.1 Å². The minimum atomic E-state index is -2.86. The summed E-state index contributed by atoms with van der Waals surface area (Å²) in [7, 11) is -1.14. The Morgan fingerprint density at radius 1 is 1.16 bits per heavy atom. The van der Waals surface area contributed by atoms with E-state index in [2.05, 4.69) is 29.5 Å². The third kappa shape index (κ3) is 15.9. The summed E-state index contributed by atoms with van der Waals surface area (Å²) >= 11 is 0. The number of sulfone groups is 1. The molecule has 0 bridgehead atoms. The van der Waals surface area contributed by atoms with E-state index in [0.717, 1.165) is 24.8 Å². The number of rotatable bonds is 8. The van der Waals surface area contributed by atoms with E-state index >= 15 is 0 Å². The van der Waals surface area contributed by atoms with Gasteiger partial charge in [0.05, 0.1) is 5.75 Å². The number of hydrogen-bond donors (Lipinski definition) is 2. The maximum atomic E-state index is 10.9. The lowest BCUT2D eigenvalue weighted by molar-refractivity contribution is 0.549. The standard InChI is InChI=1S/C12H27N3O2S.HI/c1-11(2)7-5-8-14-12(13-3)15-9-6-10-18(4,16)17;/h11H,5-10H2,1-4H3,(H2,13,14,15);1H. The van der Waals surface area contributed by atoms with Gasteiger partial charge in [-0.2, -0.15) is 0 Å². The van der Waals surface area contributed by atoms with Crippen molar-refractivity contribution in [1.82, 2.24) is 10.6 Å². The van der Waals surface area contributed by atoms with E-state index in [4.69, 9.17) is 0 Å². The van der Waals surface area contributed by atoms with Gasteiger partial charge in [0, 0.05) is 26.4 Å². The van der Waals surface area contributed by atoms with Gasteiger partial charge in [-0.25, -0.2) is 8.42 Å². The fourth-order valence-electron chi connectivity index (χ4n) is 1.48. The van der Waals surface area contributed by atoms with Crippen molar-refractivity contribution in [3.05, 3.63) is 0 Å². The number of hydrogen-bond acceptors (Lipinski definition) is 3. The van der Waals surface area contributed by atoms with Gasteiger partial charge in [0.15, 0.2) is 5.96 Å². The van der Waals surface area contributed by atoms with E-state index in [0.29, 0.717) is 13.0 Å². The van der Waals surface area contributed by atoms with Crippen LogP contribution in [0, 0.1) is 5.92 Å². The molecule has 0 aliphatic rings. The van der Waals surface area contributed by atoms with Crippen molar-refractivity contribution < 1.29 is 8.42 Å². The minimum Gasteiger partial charge on any atom is -0.356 e. The first-order valence-electron chi connectivity index (χ1n) is 6.47. The molecule has 7 heteroatoms. The molecule has 19 heavy (non-hydrogen) atoms. The Kier molecular flexibility index (Phi) is 13.1. The number of aliphatic imine (C=N–C) groups is 1. The number of guanidine groups is 1. The van der Waals surface area contributed by atoms with Crippen LogP contribution in [0.3, 0.4) is 0 Å². The Hall–Kier alpha value is -0.0500. The van der Waals surface area contributed by atoms with Crippen LogP contribution >= 0.6 is 24.0 Å². The van der Waals surface area contributed by atoms with Crippen LogP contribution < -0.4 is 10.6 Å². The van der Waals surface area contributed by atoms with Crippen LogP contribution in [0.25, 0.3) is 0 Å². The molecule has 0 amide bonds. The Morgan fingerprint density at radius 2 is 1.68 bits per heavy atom. The van der Waals surface area contributed by atoms with Gasteiger partial charge in [0.2, 0.25) is 0 Å². The molecule has 0 fully saturated rings. The summed E-state index contributed by atoms with van der Waals surface area (Å²) in [5.41, 5.74) is 0. The predicted molar refractivity (Wildman–Crippen MR) is 93.2 cm³/mol. The van der Waals surface area contributed by atoms with Gasteiger partial charge in [0.25, 0.3) is 0 Å². The highest BCUT2D eigenvalue weighted by Gasteiger charge is 2.02. The minimum absolute atomic E-state index is 0. The highest BCUT2D eigenvalue weighted by Crippen LogP contribution is 2.01. The fourth-order valence-corrected chi connectivity index (χ4v) is 2.15. The zero-order valence-electron chi connectivity index (χ0n) is 12.4. The molecule has 0 rings (SSSR count). The average Bonchev–Trinajstić information content (AvgIpc) is 2.25. The Bertz CT molecular complexity index is 343. The highest BCUT2D eigenvalue weighted by atomic mass is 127. The van der Waals surface area contributed by atoms with Crippen LogP contribution in [0.2, 0.25) is 0 Å². The quantitative estimate of drug-likeness (QED) is 0.279. The van der Waals surface area contributed by atoms with E-state index in [-0.39, 0.29) is 29.7 Å². The molecule has 116 valence electrons. The Labute approximate surface area is 135 Å². The van der Waals surface area contributed by atoms with Crippen molar-refractivity contribution in [2.45, 2.75) is 33.1 Å². The van der Waals surface area contributed by atoms with Crippen molar-refractivity contribution >= 4 is 39.8 Å². The molecule has 0 heterocycles. The highest BCUT2D eigenvalue weighted by molar-refractivity contribution is 14.0. The van der Waals surface area contributed by atoms with Crippen molar-refractivity contribution in [3.8, 4) is 0 Å². The van der Waals surface area contributed by atoms with Gasteiger partial charge >= 0.3 is 0 Å². The van der Waals surface area contributed by atoms with Crippen molar-refractivity contribution in [1.29, 1.82) is 0 Å². The fraction of sp³-hybridized carbons (Fsp3) is 0.917. The summed E-state index contributed by atoms with van der Waals surface area (Å²) in [4.78, 5) is 4.08. The van der Waals surface area contributed by atoms with E-state index < -0.39 is 9.84 Å². The molecule has 0 aliphatic heterocycles. The zero-order chi connectivity index (χ0) is 14.0. The van der Waals surface area contributed by atoms with Gasteiger partial charge in [0.1, 0.15) is 9.84 Å². The van der Waals surface area contributed by atoms with Gasteiger partial charge in [-0.15, -0.1) is 24.0 Å². The second-order valence-electron chi connectivity index (χ2n) is 4.95. The van der Waals surface area contributed by atoms with Crippen LogP contribution in [-0.4, -0.2) is 46.5 Å². The van der Waals surface area contributed by atoms with Crippen LogP contribution in [0.1, 0.15) is 33.1 Å². The van der Waals surface area contributed by atoms with Gasteiger partial charge in [-0.1, -0.05) is 13.8 Å². The summed E-state index contributed by atoms with van der Waals surface area (Å²) in [5.74, 6) is 1.67. The summed E-state index contributed by atoms with van der Waals surface area (Å²) in [5, 5.41) is 6.32. The number of nitrogens with zero attached hydrogens (tertiary/aromatic N) is 1. The van der Waals surface area contributed by atoms with Crippen molar-refractivity contribution in [2.24, 2.45) is 10.9 Å². The topological polar surface area (TPSA) is 70.6 Å². The average molecular weight is 405 g/mol. The molecule has 0 aromatic carbocycles. The summed E-state index contributed by atoms with van der Waals surface area (Å²) < 4.78 is 21.9. The monoisotopic (exact) mass is 405 g/mol. The molecular formula is C12H28IN3O2S. The smallest absolute Gasteiger partial charge is 0.190 e. The molecule has 0 aromatic heterocycles. The van der Waals surface area contributed by atoms with Gasteiger partial charge in [-0.05, 0) is 25.2 Å². The Balaban J connectivity index is 0. The molecule has 0 atom stereocenters. The molecule has 5 nitrogen and oxygen atoms in total. The van der Waals surface area contributed by atoms with E-state index in [9.17, 15) is 8.42 Å². The first-order chi connectivity index (χ1) is 8.35. The zero-order valence-corrected chi connectivity index (χ0v) is 15.5. The number of halogens is 1. The molecule has 0 radical (unpaired) electrons. The normalized spacial score (nSPS) is 12.2. The third-order valence-electron chi connectivity index (χ3n) is 2.46. The molecule has 0 aromatic rings. The molecule has 0 saturated carbocycles. The third-order valence-corrected chi connectivity index (χ3v) is 3.49. The lowest BCUT2D eigenvalue weighted by Gasteiger charge is -2.12. The van der Waals surface area contributed by atoms with Crippen LogP contribution in [0.4, 0.5) is 0 Å². The molecule has 0 aliphatic carbocycles. The van der Waals surface area contributed by atoms with E-state index in [1.54, 1.807) is 7.05 Å². The number of nitrogens with one attached hydrogen (secondary N) is 2. The lowest BCUT2D eigenvalue weighted by Crippen LogP contribution is -2.38. The van der Waals surface area contributed by atoms with Crippen LogP contribution in [0.15, 0.2) is 4.99 Å².